The van der Waals surface area contributed by atoms with Gasteiger partial charge in [-0.25, -0.2) is 13.8 Å². The Balaban J connectivity index is 0.000000421. The summed E-state index contributed by atoms with van der Waals surface area (Å²) in [6, 6.07) is 4.71. The first-order valence-corrected chi connectivity index (χ1v) is 7.50. The number of halogens is 3. The standard InChI is InChI=1S/C6H5BClFO2.C6H7BFNO3.C2H6/c8-4-1-2-6(9)5(3-4)7(10)11;1-12-6-2-4(7(10)11)5(8)3-9-6;1-2/h1-3,10-11H;2-3,10-11H,1H3;1-2H3. The number of pyridine rings is 1. The molecule has 0 fully saturated rings. The van der Waals surface area contributed by atoms with Crippen LogP contribution in [0.15, 0.2) is 30.5 Å². The molecule has 136 valence electrons. The molecule has 0 amide bonds. The maximum Gasteiger partial charge on any atom is 0.491 e. The summed E-state index contributed by atoms with van der Waals surface area (Å²) < 4.78 is 30.0. The first-order valence-electron chi connectivity index (χ1n) is 7.13. The van der Waals surface area contributed by atoms with Gasteiger partial charge >= 0.3 is 14.2 Å². The van der Waals surface area contributed by atoms with Crippen LogP contribution in [0, 0.1) is 11.6 Å². The Labute approximate surface area is 150 Å². The van der Waals surface area contributed by atoms with E-state index in [4.69, 9.17) is 31.7 Å². The lowest BCUT2D eigenvalue weighted by Crippen LogP contribution is -2.33. The molecule has 1 aromatic heterocycles. The largest absolute Gasteiger partial charge is 0.491 e. The average molecular weight is 375 g/mol. The Morgan fingerprint density at radius 3 is 1.92 bits per heavy atom. The molecule has 0 aliphatic carbocycles. The first-order chi connectivity index (χ1) is 11.8. The van der Waals surface area contributed by atoms with Crippen LogP contribution >= 0.6 is 11.6 Å². The second-order valence-electron chi connectivity index (χ2n) is 4.16. The molecule has 0 saturated heterocycles. The van der Waals surface area contributed by atoms with Crippen LogP contribution in [0.4, 0.5) is 8.78 Å². The van der Waals surface area contributed by atoms with E-state index in [2.05, 4.69) is 9.72 Å². The smallest absolute Gasteiger partial charge is 0.481 e. The lowest BCUT2D eigenvalue weighted by Gasteiger charge is -2.02. The van der Waals surface area contributed by atoms with E-state index in [9.17, 15) is 8.78 Å². The van der Waals surface area contributed by atoms with Gasteiger partial charge in [-0.1, -0.05) is 25.4 Å². The van der Waals surface area contributed by atoms with E-state index < -0.39 is 25.9 Å². The van der Waals surface area contributed by atoms with Gasteiger partial charge in [0, 0.05) is 22.0 Å². The molecular weight excluding hydrogens is 357 g/mol. The van der Waals surface area contributed by atoms with Gasteiger partial charge in [-0.15, -0.1) is 0 Å². The van der Waals surface area contributed by atoms with Crippen LogP contribution in [-0.4, -0.2) is 46.4 Å². The number of ether oxygens (including phenoxy) is 1. The van der Waals surface area contributed by atoms with Crippen LogP contribution in [0.2, 0.25) is 5.02 Å². The van der Waals surface area contributed by atoms with Crippen molar-refractivity contribution in [1.82, 2.24) is 4.98 Å². The Morgan fingerprint density at radius 1 is 0.960 bits per heavy atom. The molecule has 0 radical (unpaired) electrons. The van der Waals surface area contributed by atoms with Gasteiger partial charge in [0.25, 0.3) is 0 Å². The Hall–Kier alpha value is -1.71. The summed E-state index contributed by atoms with van der Waals surface area (Å²) in [5.41, 5.74) is -0.459. The normalized spacial score (nSPS) is 9.20. The average Bonchev–Trinajstić information content (AvgIpc) is 2.59. The van der Waals surface area contributed by atoms with E-state index in [0.717, 1.165) is 18.3 Å². The maximum absolute atomic E-state index is 12.7. The molecule has 1 aromatic carbocycles. The molecule has 4 N–H and O–H groups in total. The molecule has 6 nitrogen and oxygen atoms in total. The predicted octanol–water partition coefficient (Wildman–Crippen LogP) is 0.0942. The van der Waals surface area contributed by atoms with Crippen LogP contribution < -0.4 is 15.7 Å². The zero-order valence-electron chi connectivity index (χ0n) is 13.8. The molecule has 2 rings (SSSR count). The van der Waals surface area contributed by atoms with Crippen molar-refractivity contribution in [3.63, 3.8) is 0 Å². The lowest BCUT2D eigenvalue weighted by atomic mass is 9.80. The van der Waals surface area contributed by atoms with Crippen LogP contribution in [0.5, 0.6) is 5.88 Å². The third-order valence-corrected chi connectivity index (χ3v) is 2.82. The van der Waals surface area contributed by atoms with Gasteiger partial charge in [-0.3, -0.25) is 0 Å². The number of rotatable bonds is 3. The van der Waals surface area contributed by atoms with E-state index in [0.29, 0.717) is 0 Å². The summed E-state index contributed by atoms with van der Waals surface area (Å²) in [7, 11) is -2.30. The monoisotopic (exact) mass is 375 g/mol. The third-order valence-electron chi connectivity index (χ3n) is 2.58. The van der Waals surface area contributed by atoms with Crippen molar-refractivity contribution in [3.05, 3.63) is 47.1 Å². The van der Waals surface area contributed by atoms with Crippen LogP contribution in [0.1, 0.15) is 13.8 Å². The van der Waals surface area contributed by atoms with Crippen molar-refractivity contribution in [3.8, 4) is 5.88 Å². The molecule has 0 atom stereocenters. The molecule has 0 bridgehead atoms. The summed E-state index contributed by atoms with van der Waals surface area (Å²) in [5, 5.41) is 34.8. The number of hydrogen-bond donors (Lipinski definition) is 4. The SMILES string of the molecule is CC.COc1cc(B(O)O)c(F)cn1.OB(O)c1cc(Cl)ccc1F. The predicted molar refractivity (Wildman–Crippen MR) is 93.2 cm³/mol. The minimum absolute atomic E-state index is 0.138. The van der Waals surface area contributed by atoms with Crippen molar-refractivity contribution in [2.75, 3.05) is 7.11 Å². The van der Waals surface area contributed by atoms with Gasteiger partial charge in [0.15, 0.2) is 0 Å². The van der Waals surface area contributed by atoms with Crippen molar-refractivity contribution in [2.45, 2.75) is 13.8 Å². The molecule has 2 aromatic rings. The summed E-state index contributed by atoms with van der Waals surface area (Å²) in [6.45, 7) is 4.00. The van der Waals surface area contributed by atoms with Gasteiger partial charge in [0.2, 0.25) is 5.88 Å². The zero-order chi connectivity index (χ0) is 19.6. The quantitative estimate of drug-likeness (QED) is 0.568. The van der Waals surface area contributed by atoms with E-state index in [1.807, 2.05) is 13.8 Å². The third kappa shape index (κ3) is 7.80. The van der Waals surface area contributed by atoms with Crippen LogP contribution in [-0.2, 0) is 0 Å². The van der Waals surface area contributed by atoms with Crippen LogP contribution in [0.25, 0.3) is 0 Å². The summed E-state index contributed by atoms with van der Waals surface area (Å²) in [4.78, 5) is 3.52. The number of benzene rings is 1. The number of nitrogens with zero attached hydrogens (tertiary/aromatic N) is 1. The molecule has 0 spiro atoms. The fourth-order valence-electron chi connectivity index (χ4n) is 1.46. The van der Waals surface area contributed by atoms with Crippen LogP contribution in [0.3, 0.4) is 0 Å². The minimum Gasteiger partial charge on any atom is -0.481 e. The zero-order valence-corrected chi connectivity index (χ0v) is 14.6. The van der Waals surface area contributed by atoms with Crippen molar-refractivity contribution in [2.24, 2.45) is 0 Å². The van der Waals surface area contributed by atoms with Gasteiger partial charge in [0.05, 0.1) is 13.3 Å². The minimum atomic E-state index is -1.85. The van der Waals surface area contributed by atoms with Gasteiger partial charge in [-0.2, -0.15) is 0 Å². The lowest BCUT2D eigenvalue weighted by molar-refractivity contribution is 0.394. The number of methoxy groups -OCH3 is 1. The molecule has 0 saturated carbocycles. The highest BCUT2D eigenvalue weighted by Crippen LogP contribution is 2.06. The van der Waals surface area contributed by atoms with E-state index in [1.165, 1.54) is 19.2 Å². The number of aromatic nitrogens is 1. The summed E-state index contributed by atoms with van der Waals surface area (Å²) in [5.74, 6) is -1.31. The Bertz CT molecular complexity index is 665. The molecule has 25 heavy (non-hydrogen) atoms. The topological polar surface area (TPSA) is 103 Å². The molecule has 0 aliphatic rings. The molecule has 0 aliphatic heterocycles. The fraction of sp³-hybridized carbons (Fsp3) is 0.214. The van der Waals surface area contributed by atoms with E-state index in [1.54, 1.807) is 0 Å². The Kier molecular flexibility index (Phi) is 11.0. The van der Waals surface area contributed by atoms with Gasteiger partial charge in [-0.05, 0) is 18.2 Å². The van der Waals surface area contributed by atoms with Gasteiger partial charge < -0.3 is 24.8 Å². The van der Waals surface area contributed by atoms with Gasteiger partial charge in [0.1, 0.15) is 11.6 Å². The first kappa shape index (κ1) is 23.3. The Morgan fingerprint density at radius 2 is 1.48 bits per heavy atom. The number of hydrogen-bond acceptors (Lipinski definition) is 6. The highest BCUT2D eigenvalue weighted by molar-refractivity contribution is 6.59. The summed E-state index contributed by atoms with van der Waals surface area (Å²) >= 11 is 5.47. The van der Waals surface area contributed by atoms with E-state index in [-0.39, 0.29) is 21.8 Å². The van der Waals surface area contributed by atoms with Crippen molar-refractivity contribution in [1.29, 1.82) is 0 Å². The molecular formula is C14H18B2ClF2NO5. The van der Waals surface area contributed by atoms with E-state index >= 15 is 0 Å². The fourth-order valence-corrected chi connectivity index (χ4v) is 1.64. The molecule has 0 unspecified atom stereocenters. The second kappa shape index (κ2) is 11.8. The molecule has 11 heteroatoms. The molecule has 1 heterocycles. The maximum atomic E-state index is 12.7. The highest BCUT2D eigenvalue weighted by atomic mass is 35.5. The second-order valence-corrected chi connectivity index (χ2v) is 4.60. The summed E-state index contributed by atoms with van der Waals surface area (Å²) in [6.07, 6.45) is 0.869. The van der Waals surface area contributed by atoms with Crippen molar-refractivity contribution < 1.29 is 33.6 Å². The van der Waals surface area contributed by atoms with Crippen molar-refractivity contribution >= 4 is 36.8 Å². The highest BCUT2D eigenvalue weighted by Gasteiger charge is 2.17.